The highest BCUT2D eigenvalue weighted by atomic mass is 35.5. The van der Waals surface area contributed by atoms with Crippen molar-refractivity contribution in [3.8, 4) is 11.4 Å². The SMILES string of the molecule is Cl.Cl.Cn1c(-c2ccc(C(=N)N)cc2)nc2cc(C(=O)NCCC(=O)OC3Cc4ccccc4C3)ccc21. The summed E-state index contributed by atoms with van der Waals surface area (Å²) in [5, 5.41) is 10.3. The number of halogens is 2. The number of carbonyl (C=O) groups excluding carboxylic acids is 2. The van der Waals surface area contributed by atoms with Crippen LogP contribution >= 0.6 is 24.8 Å². The van der Waals surface area contributed by atoms with Gasteiger partial charge in [0.2, 0.25) is 0 Å². The number of nitrogen functional groups attached to an aromatic ring is 1. The lowest BCUT2D eigenvalue weighted by atomic mass is 10.1. The van der Waals surface area contributed by atoms with Gasteiger partial charge in [0.25, 0.3) is 5.91 Å². The molecular formula is C28H29Cl2N5O3. The lowest BCUT2D eigenvalue weighted by molar-refractivity contribution is -0.148. The Bertz CT molecular complexity index is 1460. The molecule has 4 aromatic rings. The summed E-state index contributed by atoms with van der Waals surface area (Å²) >= 11 is 0. The van der Waals surface area contributed by atoms with E-state index in [1.807, 2.05) is 41.9 Å². The van der Waals surface area contributed by atoms with Crippen LogP contribution in [0.3, 0.4) is 0 Å². The van der Waals surface area contributed by atoms with Crippen LogP contribution < -0.4 is 11.1 Å². The van der Waals surface area contributed by atoms with Crippen molar-refractivity contribution in [3.05, 3.63) is 89.0 Å². The molecule has 1 heterocycles. The lowest BCUT2D eigenvalue weighted by Crippen LogP contribution is -2.28. The third-order valence-corrected chi connectivity index (χ3v) is 6.52. The van der Waals surface area contributed by atoms with Gasteiger partial charge in [-0.2, -0.15) is 0 Å². The number of hydrogen-bond acceptors (Lipinski definition) is 5. The van der Waals surface area contributed by atoms with Gasteiger partial charge in [-0.1, -0.05) is 48.5 Å². The molecule has 0 aliphatic heterocycles. The molecule has 0 fully saturated rings. The molecule has 38 heavy (non-hydrogen) atoms. The van der Waals surface area contributed by atoms with E-state index < -0.39 is 0 Å². The standard InChI is InChI=1S/C28H27N5O3.2ClH/c1-33-24-11-10-21(16-23(24)32-27(33)18-8-6-17(7-9-18)26(29)30)28(35)31-13-12-25(34)36-22-14-19-4-2-3-5-20(19)15-22;;/h2-11,16,22H,12-15H2,1H3,(H3,29,30)(H,31,35);2*1H. The summed E-state index contributed by atoms with van der Waals surface area (Å²) in [6.07, 6.45) is 1.46. The molecule has 0 bridgehead atoms. The molecule has 0 atom stereocenters. The number of rotatable bonds is 7. The Morgan fingerprint density at radius 1 is 1.03 bits per heavy atom. The van der Waals surface area contributed by atoms with Crippen LogP contribution in [-0.2, 0) is 29.4 Å². The van der Waals surface area contributed by atoms with Gasteiger partial charge in [-0.3, -0.25) is 15.0 Å². The Kier molecular flexibility index (Phi) is 9.14. The number of nitrogens with two attached hydrogens (primary N) is 1. The van der Waals surface area contributed by atoms with Crippen LogP contribution in [0.1, 0.15) is 33.5 Å². The van der Waals surface area contributed by atoms with E-state index in [0.717, 1.165) is 29.7 Å². The number of hydrogen-bond donors (Lipinski definition) is 3. The molecule has 0 saturated heterocycles. The largest absolute Gasteiger partial charge is 0.462 e. The Morgan fingerprint density at radius 2 is 1.66 bits per heavy atom. The molecular weight excluding hydrogens is 525 g/mol. The van der Waals surface area contributed by atoms with Crippen LogP contribution in [0.4, 0.5) is 0 Å². The molecule has 8 nitrogen and oxygen atoms in total. The van der Waals surface area contributed by atoms with E-state index in [0.29, 0.717) is 16.6 Å². The zero-order valence-corrected chi connectivity index (χ0v) is 22.4. The van der Waals surface area contributed by atoms with Crippen molar-refractivity contribution in [1.82, 2.24) is 14.9 Å². The van der Waals surface area contributed by atoms with Crippen LogP contribution in [0.15, 0.2) is 66.7 Å². The normalized spacial score (nSPS) is 12.2. The molecule has 1 aliphatic carbocycles. The van der Waals surface area contributed by atoms with Crippen molar-refractivity contribution in [2.75, 3.05) is 6.54 Å². The number of fused-ring (bicyclic) bond motifs is 2. The van der Waals surface area contributed by atoms with Gasteiger partial charge < -0.3 is 20.4 Å². The van der Waals surface area contributed by atoms with Crippen LogP contribution in [0.5, 0.6) is 0 Å². The van der Waals surface area contributed by atoms with Gasteiger partial charge in [0.1, 0.15) is 17.8 Å². The van der Waals surface area contributed by atoms with E-state index in [9.17, 15) is 9.59 Å². The topological polar surface area (TPSA) is 123 Å². The van der Waals surface area contributed by atoms with Crippen molar-refractivity contribution >= 4 is 53.6 Å². The van der Waals surface area contributed by atoms with Crippen LogP contribution in [0.2, 0.25) is 0 Å². The predicted molar refractivity (Wildman–Crippen MR) is 152 cm³/mol. The highest BCUT2D eigenvalue weighted by Gasteiger charge is 2.24. The van der Waals surface area contributed by atoms with Crippen LogP contribution in [0.25, 0.3) is 22.4 Å². The number of nitrogens with zero attached hydrogens (tertiary/aromatic N) is 2. The van der Waals surface area contributed by atoms with Gasteiger partial charge in [0.15, 0.2) is 0 Å². The first-order valence-electron chi connectivity index (χ1n) is 11.8. The van der Waals surface area contributed by atoms with E-state index in [4.69, 9.17) is 20.9 Å². The third kappa shape index (κ3) is 5.98. The van der Waals surface area contributed by atoms with Crippen LogP contribution in [0, 0.1) is 5.41 Å². The summed E-state index contributed by atoms with van der Waals surface area (Å²) < 4.78 is 7.55. The van der Waals surface area contributed by atoms with E-state index in [2.05, 4.69) is 17.4 Å². The maximum Gasteiger partial charge on any atom is 0.307 e. The fourth-order valence-corrected chi connectivity index (χ4v) is 4.62. The monoisotopic (exact) mass is 553 g/mol. The number of amidine groups is 1. The van der Waals surface area contributed by atoms with Crippen LogP contribution in [-0.4, -0.2) is 39.9 Å². The maximum absolute atomic E-state index is 12.7. The minimum atomic E-state index is -0.311. The quantitative estimate of drug-likeness (QED) is 0.180. The molecule has 0 spiro atoms. The van der Waals surface area contributed by atoms with E-state index in [1.54, 1.807) is 24.3 Å². The Balaban J connectivity index is 0.00000200. The number of benzene rings is 3. The number of nitrogens with one attached hydrogen (secondary N) is 2. The number of imidazole rings is 1. The summed E-state index contributed by atoms with van der Waals surface area (Å²) in [6.45, 7) is 0.200. The average molecular weight is 554 g/mol. The van der Waals surface area contributed by atoms with Gasteiger partial charge in [-0.05, 0) is 29.3 Å². The van der Waals surface area contributed by atoms with E-state index in [-0.39, 0.29) is 61.6 Å². The van der Waals surface area contributed by atoms with Crippen molar-refractivity contribution in [1.29, 1.82) is 5.41 Å². The summed E-state index contributed by atoms with van der Waals surface area (Å²) in [5.74, 6) is 0.179. The van der Waals surface area contributed by atoms with E-state index >= 15 is 0 Å². The van der Waals surface area contributed by atoms with Gasteiger partial charge in [-0.15, -0.1) is 24.8 Å². The minimum absolute atomic E-state index is 0. The first-order valence-corrected chi connectivity index (χ1v) is 11.8. The molecule has 3 aromatic carbocycles. The zero-order chi connectivity index (χ0) is 25.2. The number of ether oxygens (including phenoxy) is 1. The molecule has 198 valence electrons. The molecule has 1 aromatic heterocycles. The molecule has 0 saturated carbocycles. The average Bonchev–Trinajstić information content (AvgIpc) is 3.43. The van der Waals surface area contributed by atoms with E-state index in [1.165, 1.54) is 11.1 Å². The smallest absolute Gasteiger partial charge is 0.307 e. The number of aromatic nitrogens is 2. The number of amides is 1. The van der Waals surface area contributed by atoms with Gasteiger partial charge in [0.05, 0.1) is 17.5 Å². The van der Waals surface area contributed by atoms with Crippen molar-refractivity contribution in [2.24, 2.45) is 12.8 Å². The molecule has 0 unspecified atom stereocenters. The summed E-state index contributed by atoms with van der Waals surface area (Å²) in [4.78, 5) is 29.7. The molecule has 10 heteroatoms. The summed E-state index contributed by atoms with van der Waals surface area (Å²) in [7, 11) is 1.91. The molecule has 0 radical (unpaired) electrons. The summed E-state index contributed by atoms with van der Waals surface area (Å²) in [6, 6.07) is 20.8. The second kappa shape index (κ2) is 12.1. The Hall–Kier alpha value is -3.88. The highest BCUT2D eigenvalue weighted by Crippen LogP contribution is 2.25. The van der Waals surface area contributed by atoms with Gasteiger partial charge >= 0.3 is 5.97 Å². The third-order valence-electron chi connectivity index (χ3n) is 6.52. The second-order valence-corrected chi connectivity index (χ2v) is 8.98. The van der Waals surface area contributed by atoms with Crippen molar-refractivity contribution in [2.45, 2.75) is 25.4 Å². The maximum atomic E-state index is 12.7. The van der Waals surface area contributed by atoms with Crippen molar-refractivity contribution < 1.29 is 14.3 Å². The Labute approximate surface area is 232 Å². The summed E-state index contributed by atoms with van der Waals surface area (Å²) in [5.41, 5.74) is 11.6. The van der Waals surface area contributed by atoms with Crippen molar-refractivity contribution in [3.63, 3.8) is 0 Å². The van der Waals surface area contributed by atoms with Gasteiger partial charge in [-0.25, -0.2) is 4.98 Å². The lowest BCUT2D eigenvalue weighted by Gasteiger charge is -2.11. The molecule has 1 aliphatic rings. The first kappa shape index (κ1) is 28.7. The molecule has 4 N–H and O–H groups in total. The fraction of sp³-hybridized carbons (Fsp3) is 0.214. The fourth-order valence-electron chi connectivity index (χ4n) is 4.62. The first-order chi connectivity index (χ1) is 17.4. The number of carbonyl (C=O) groups is 2. The van der Waals surface area contributed by atoms with Gasteiger partial charge in [0, 0.05) is 43.1 Å². The number of esters is 1. The highest BCUT2D eigenvalue weighted by molar-refractivity contribution is 5.98. The molecule has 5 rings (SSSR count). The Morgan fingerprint density at radius 3 is 2.29 bits per heavy atom. The number of aryl methyl sites for hydroxylation is 1. The minimum Gasteiger partial charge on any atom is -0.462 e. The second-order valence-electron chi connectivity index (χ2n) is 8.98. The predicted octanol–water partition coefficient (Wildman–Crippen LogP) is 4.20. The molecule has 1 amide bonds. The zero-order valence-electron chi connectivity index (χ0n) is 20.8.